The summed E-state index contributed by atoms with van der Waals surface area (Å²) in [5.74, 6) is -0.0464. The maximum atomic E-state index is 11.9. The Balaban J connectivity index is 1.81. The SMILES string of the molecule is Cc1ccc(C(=O)NCC[C@@H]2CCCN2)cc1Cl. The molecular weight excluding hydrogens is 248 g/mol. The molecule has 0 unspecified atom stereocenters. The molecule has 1 heterocycles. The largest absolute Gasteiger partial charge is 0.352 e. The van der Waals surface area contributed by atoms with Crippen LogP contribution in [0.5, 0.6) is 0 Å². The van der Waals surface area contributed by atoms with E-state index in [0.29, 0.717) is 23.2 Å². The number of aryl methyl sites for hydroxylation is 1. The number of amides is 1. The van der Waals surface area contributed by atoms with Crippen LogP contribution >= 0.6 is 11.6 Å². The van der Waals surface area contributed by atoms with Gasteiger partial charge in [-0.15, -0.1) is 0 Å². The summed E-state index contributed by atoms with van der Waals surface area (Å²) in [6.07, 6.45) is 3.45. The number of carbonyl (C=O) groups excluding carboxylic acids is 1. The fourth-order valence-electron chi connectivity index (χ4n) is 2.20. The summed E-state index contributed by atoms with van der Waals surface area (Å²) in [5, 5.41) is 6.99. The number of rotatable bonds is 4. The lowest BCUT2D eigenvalue weighted by atomic mass is 10.1. The predicted octanol–water partition coefficient (Wildman–Crippen LogP) is 2.52. The molecule has 98 valence electrons. The normalized spacial score (nSPS) is 18.9. The van der Waals surface area contributed by atoms with Crippen LogP contribution in [0.2, 0.25) is 5.02 Å². The molecule has 1 atom stereocenters. The molecule has 2 rings (SSSR count). The Morgan fingerprint density at radius 2 is 2.39 bits per heavy atom. The standard InChI is InChI=1S/C14H19ClN2O/c1-10-4-5-11(9-13(10)15)14(18)17-8-6-12-3-2-7-16-12/h4-5,9,12,16H,2-3,6-8H2,1H3,(H,17,18)/t12-/m0/s1. The lowest BCUT2D eigenvalue weighted by Gasteiger charge is -2.11. The van der Waals surface area contributed by atoms with Crippen LogP contribution in [0.15, 0.2) is 18.2 Å². The van der Waals surface area contributed by atoms with Crippen molar-refractivity contribution in [2.24, 2.45) is 0 Å². The number of benzene rings is 1. The molecule has 0 radical (unpaired) electrons. The molecule has 0 bridgehead atoms. The second-order valence-electron chi connectivity index (χ2n) is 4.80. The highest BCUT2D eigenvalue weighted by Gasteiger charge is 2.14. The van der Waals surface area contributed by atoms with Crippen molar-refractivity contribution < 1.29 is 4.79 Å². The Morgan fingerprint density at radius 3 is 3.06 bits per heavy atom. The molecule has 1 fully saturated rings. The van der Waals surface area contributed by atoms with Crippen molar-refractivity contribution in [3.8, 4) is 0 Å². The van der Waals surface area contributed by atoms with Crippen LogP contribution in [-0.2, 0) is 0 Å². The maximum absolute atomic E-state index is 11.9. The average Bonchev–Trinajstić information content (AvgIpc) is 2.85. The molecule has 3 nitrogen and oxygen atoms in total. The van der Waals surface area contributed by atoms with Crippen LogP contribution in [-0.4, -0.2) is 25.0 Å². The maximum Gasteiger partial charge on any atom is 0.251 e. The molecular formula is C14H19ClN2O. The summed E-state index contributed by atoms with van der Waals surface area (Å²) >= 11 is 6.01. The number of nitrogens with one attached hydrogen (secondary N) is 2. The zero-order chi connectivity index (χ0) is 13.0. The third-order valence-electron chi connectivity index (χ3n) is 3.37. The van der Waals surface area contributed by atoms with Gasteiger partial charge in [0.25, 0.3) is 5.91 Å². The first-order chi connectivity index (χ1) is 8.66. The first-order valence-electron chi connectivity index (χ1n) is 6.44. The van der Waals surface area contributed by atoms with E-state index >= 15 is 0 Å². The van der Waals surface area contributed by atoms with Gasteiger partial charge in [0, 0.05) is 23.2 Å². The van der Waals surface area contributed by atoms with Gasteiger partial charge in [-0.1, -0.05) is 17.7 Å². The summed E-state index contributed by atoms with van der Waals surface area (Å²) < 4.78 is 0. The molecule has 0 aliphatic carbocycles. The molecule has 0 saturated carbocycles. The van der Waals surface area contributed by atoms with Crippen LogP contribution in [0.25, 0.3) is 0 Å². The summed E-state index contributed by atoms with van der Waals surface area (Å²) in [5.41, 5.74) is 1.62. The monoisotopic (exact) mass is 266 g/mol. The Bertz CT molecular complexity index is 428. The fraction of sp³-hybridized carbons (Fsp3) is 0.500. The van der Waals surface area contributed by atoms with Crippen LogP contribution in [0.3, 0.4) is 0 Å². The molecule has 0 spiro atoms. The van der Waals surface area contributed by atoms with Crippen LogP contribution in [0.1, 0.15) is 35.2 Å². The van der Waals surface area contributed by atoms with E-state index in [0.717, 1.165) is 18.5 Å². The number of hydrogen-bond donors (Lipinski definition) is 2. The Kier molecular flexibility index (Phi) is 4.61. The molecule has 1 amide bonds. The zero-order valence-electron chi connectivity index (χ0n) is 10.6. The van der Waals surface area contributed by atoms with Gasteiger partial charge in [0.15, 0.2) is 0 Å². The lowest BCUT2D eigenvalue weighted by Crippen LogP contribution is -2.30. The van der Waals surface area contributed by atoms with Gasteiger partial charge < -0.3 is 10.6 Å². The number of hydrogen-bond acceptors (Lipinski definition) is 2. The average molecular weight is 267 g/mol. The van der Waals surface area contributed by atoms with Crippen molar-refractivity contribution in [3.05, 3.63) is 34.3 Å². The highest BCUT2D eigenvalue weighted by atomic mass is 35.5. The number of carbonyl (C=O) groups is 1. The summed E-state index contributed by atoms with van der Waals surface area (Å²) in [6.45, 7) is 3.74. The highest BCUT2D eigenvalue weighted by Crippen LogP contribution is 2.16. The van der Waals surface area contributed by atoms with E-state index in [9.17, 15) is 4.79 Å². The Hall–Kier alpha value is -1.06. The van der Waals surface area contributed by atoms with Crippen molar-refractivity contribution in [1.82, 2.24) is 10.6 Å². The molecule has 1 aliphatic heterocycles. The molecule has 1 aromatic carbocycles. The molecule has 1 aliphatic rings. The molecule has 1 aromatic rings. The van der Waals surface area contributed by atoms with Gasteiger partial charge in [-0.3, -0.25) is 4.79 Å². The van der Waals surface area contributed by atoms with Gasteiger partial charge in [-0.25, -0.2) is 0 Å². The Morgan fingerprint density at radius 1 is 1.56 bits per heavy atom. The minimum Gasteiger partial charge on any atom is -0.352 e. The van der Waals surface area contributed by atoms with Gasteiger partial charge in [0.1, 0.15) is 0 Å². The zero-order valence-corrected chi connectivity index (χ0v) is 11.4. The quantitative estimate of drug-likeness (QED) is 0.879. The van der Waals surface area contributed by atoms with E-state index in [1.54, 1.807) is 6.07 Å². The van der Waals surface area contributed by atoms with Gasteiger partial charge >= 0.3 is 0 Å². The van der Waals surface area contributed by atoms with Gasteiger partial charge in [0.2, 0.25) is 0 Å². The van der Waals surface area contributed by atoms with E-state index in [1.807, 2.05) is 19.1 Å². The lowest BCUT2D eigenvalue weighted by molar-refractivity contribution is 0.0952. The second-order valence-corrected chi connectivity index (χ2v) is 5.21. The van der Waals surface area contributed by atoms with Crippen LogP contribution in [0, 0.1) is 6.92 Å². The third kappa shape index (κ3) is 3.47. The van der Waals surface area contributed by atoms with Crippen molar-refractivity contribution in [2.75, 3.05) is 13.1 Å². The molecule has 4 heteroatoms. The van der Waals surface area contributed by atoms with E-state index < -0.39 is 0 Å². The van der Waals surface area contributed by atoms with Crippen LogP contribution < -0.4 is 10.6 Å². The van der Waals surface area contributed by atoms with Crippen LogP contribution in [0.4, 0.5) is 0 Å². The van der Waals surface area contributed by atoms with Gasteiger partial charge in [-0.05, 0) is 50.4 Å². The highest BCUT2D eigenvalue weighted by molar-refractivity contribution is 6.31. The summed E-state index contributed by atoms with van der Waals surface area (Å²) in [7, 11) is 0. The second kappa shape index (κ2) is 6.21. The molecule has 2 N–H and O–H groups in total. The van der Waals surface area contributed by atoms with E-state index in [2.05, 4.69) is 10.6 Å². The van der Waals surface area contributed by atoms with E-state index in [4.69, 9.17) is 11.6 Å². The minimum atomic E-state index is -0.0464. The van der Waals surface area contributed by atoms with E-state index in [1.165, 1.54) is 12.8 Å². The first-order valence-corrected chi connectivity index (χ1v) is 6.82. The summed E-state index contributed by atoms with van der Waals surface area (Å²) in [6, 6.07) is 5.96. The van der Waals surface area contributed by atoms with Crippen molar-refractivity contribution >= 4 is 17.5 Å². The van der Waals surface area contributed by atoms with Gasteiger partial charge in [-0.2, -0.15) is 0 Å². The Labute approximate surface area is 113 Å². The first kappa shape index (κ1) is 13.4. The predicted molar refractivity (Wildman–Crippen MR) is 74.2 cm³/mol. The van der Waals surface area contributed by atoms with Gasteiger partial charge in [0.05, 0.1) is 0 Å². The smallest absolute Gasteiger partial charge is 0.251 e. The third-order valence-corrected chi connectivity index (χ3v) is 3.78. The molecule has 1 saturated heterocycles. The summed E-state index contributed by atoms with van der Waals surface area (Å²) in [4.78, 5) is 11.9. The van der Waals surface area contributed by atoms with Crippen molar-refractivity contribution in [2.45, 2.75) is 32.2 Å². The van der Waals surface area contributed by atoms with E-state index in [-0.39, 0.29) is 5.91 Å². The molecule has 0 aromatic heterocycles. The molecule has 18 heavy (non-hydrogen) atoms. The topological polar surface area (TPSA) is 41.1 Å². The number of halogens is 1. The minimum absolute atomic E-state index is 0.0464. The van der Waals surface area contributed by atoms with Crippen molar-refractivity contribution in [3.63, 3.8) is 0 Å². The fourth-order valence-corrected chi connectivity index (χ4v) is 2.38. The van der Waals surface area contributed by atoms with Crippen molar-refractivity contribution in [1.29, 1.82) is 0 Å².